The first kappa shape index (κ1) is 15.6. The number of ether oxygens (including phenoxy) is 1. The zero-order valence-electron chi connectivity index (χ0n) is 13.2. The van der Waals surface area contributed by atoms with Crippen molar-refractivity contribution >= 4 is 6.03 Å². The van der Waals surface area contributed by atoms with Crippen LogP contribution in [0, 0.1) is 0 Å². The molecule has 1 saturated heterocycles. The predicted octanol–water partition coefficient (Wildman–Crippen LogP) is 3.01. The molecule has 120 valence electrons. The molecule has 2 aromatic rings. The summed E-state index contributed by atoms with van der Waals surface area (Å²) in [6, 6.07) is 20.2. The highest BCUT2D eigenvalue weighted by molar-refractivity contribution is 5.74. The van der Waals surface area contributed by atoms with Crippen molar-refractivity contribution in [3.8, 4) is 0 Å². The Hall–Kier alpha value is -2.33. The molecule has 1 heterocycles. The van der Waals surface area contributed by atoms with E-state index in [2.05, 4.69) is 17.4 Å². The summed E-state index contributed by atoms with van der Waals surface area (Å²) in [5, 5.41) is 3.00. The third-order valence-corrected chi connectivity index (χ3v) is 4.06. The van der Waals surface area contributed by atoms with Crippen LogP contribution in [0.15, 0.2) is 60.7 Å². The van der Waals surface area contributed by atoms with Crippen LogP contribution >= 0.6 is 0 Å². The number of hydrogen-bond acceptors (Lipinski definition) is 2. The van der Waals surface area contributed by atoms with E-state index in [0.717, 1.165) is 12.0 Å². The average Bonchev–Trinajstić information content (AvgIpc) is 2.63. The Balaban J connectivity index is 1.49. The summed E-state index contributed by atoms with van der Waals surface area (Å²) in [7, 11) is 0. The highest BCUT2D eigenvalue weighted by Crippen LogP contribution is 2.21. The lowest BCUT2D eigenvalue weighted by Gasteiger charge is -2.33. The average molecular weight is 310 g/mol. The summed E-state index contributed by atoms with van der Waals surface area (Å²) < 4.78 is 5.80. The van der Waals surface area contributed by atoms with E-state index in [-0.39, 0.29) is 12.1 Å². The van der Waals surface area contributed by atoms with Crippen LogP contribution in [0.3, 0.4) is 0 Å². The van der Waals surface area contributed by atoms with Crippen molar-refractivity contribution in [2.75, 3.05) is 26.2 Å². The fourth-order valence-electron chi connectivity index (χ4n) is 2.77. The number of carbonyl (C=O) groups excluding carboxylic acids is 1. The molecule has 1 aliphatic heterocycles. The zero-order chi connectivity index (χ0) is 15.9. The second-order valence-electron chi connectivity index (χ2n) is 5.68. The lowest BCUT2D eigenvalue weighted by molar-refractivity contribution is -0.0153. The molecule has 2 aromatic carbocycles. The Bertz CT molecular complexity index is 616. The number of hydrogen-bond donors (Lipinski definition) is 1. The summed E-state index contributed by atoms with van der Waals surface area (Å²) in [5.74, 6) is 0. The highest BCUT2D eigenvalue weighted by atomic mass is 16.5. The van der Waals surface area contributed by atoms with Gasteiger partial charge in [-0.1, -0.05) is 60.7 Å². The SMILES string of the molecule is O=C(NCCc1ccccc1)N1CCO[C@@H](c2ccccc2)C1. The molecule has 0 aromatic heterocycles. The maximum atomic E-state index is 12.3. The van der Waals surface area contributed by atoms with Crippen LogP contribution in [0.4, 0.5) is 4.79 Å². The van der Waals surface area contributed by atoms with Gasteiger partial charge in [0.2, 0.25) is 0 Å². The molecule has 0 bridgehead atoms. The molecular weight excluding hydrogens is 288 g/mol. The first-order valence-corrected chi connectivity index (χ1v) is 8.06. The fourth-order valence-corrected chi connectivity index (χ4v) is 2.77. The molecule has 0 unspecified atom stereocenters. The van der Waals surface area contributed by atoms with Gasteiger partial charge in [0, 0.05) is 13.1 Å². The summed E-state index contributed by atoms with van der Waals surface area (Å²) in [6.45, 7) is 2.46. The van der Waals surface area contributed by atoms with Crippen LogP contribution in [-0.2, 0) is 11.2 Å². The van der Waals surface area contributed by atoms with Crippen LogP contribution in [0.25, 0.3) is 0 Å². The Morgan fingerprint density at radius 2 is 1.78 bits per heavy atom. The van der Waals surface area contributed by atoms with E-state index < -0.39 is 0 Å². The van der Waals surface area contributed by atoms with E-state index in [0.29, 0.717) is 26.2 Å². The number of nitrogens with one attached hydrogen (secondary N) is 1. The summed E-state index contributed by atoms with van der Waals surface area (Å²) in [4.78, 5) is 14.2. The van der Waals surface area contributed by atoms with Crippen molar-refractivity contribution < 1.29 is 9.53 Å². The molecule has 0 spiro atoms. The van der Waals surface area contributed by atoms with Crippen LogP contribution in [0.2, 0.25) is 0 Å². The number of rotatable bonds is 4. The topological polar surface area (TPSA) is 41.6 Å². The third-order valence-electron chi connectivity index (χ3n) is 4.06. The van der Waals surface area contributed by atoms with Gasteiger partial charge in [-0.25, -0.2) is 4.79 Å². The number of urea groups is 1. The van der Waals surface area contributed by atoms with Gasteiger partial charge in [-0.15, -0.1) is 0 Å². The predicted molar refractivity (Wildman–Crippen MR) is 90.3 cm³/mol. The molecule has 0 aliphatic carbocycles. The Morgan fingerprint density at radius 3 is 2.52 bits per heavy atom. The highest BCUT2D eigenvalue weighted by Gasteiger charge is 2.24. The lowest BCUT2D eigenvalue weighted by atomic mass is 10.1. The smallest absolute Gasteiger partial charge is 0.317 e. The van der Waals surface area contributed by atoms with Gasteiger partial charge in [0.05, 0.1) is 13.2 Å². The van der Waals surface area contributed by atoms with E-state index in [1.54, 1.807) is 0 Å². The van der Waals surface area contributed by atoms with Gasteiger partial charge >= 0.3 is 6.03 Å². The van der Waals surface area contributed by atoms with Crippen molar-refractivity contribution in [3.63, 3.8) is 0 Å². The number of morpholine rings is 1. The van der Waals surface area contributed by atoms with Crippen LogP contribution in [0.1, 0.15) is 17.2 Å². The van der Waals surface area contributed by atoms with E-state index in [1.807, 2.05) is 53.4 Å². The van der Waals surface area contributed by atoms with Crippen LogP contribution < -0.4 is 5.32 Å². The van der Waals surface area contributed by atoms with E-state index in [1.165, 1.54) is 5.56 Å². The monoisotopic (exact) mass is 310 g/mol. The van der Waals surface area contributed by atoms with Gasteiger partial charge in [0.1, 0.15) is 6.10 Å². The van der Waals surface area contributed by atoms with Crippen LogP contribution in [0.5, 0.6) is 0 Å². The van der Waals surface area contributed by atoms with Crippen molar-refractivity contribution in [3.05, 3.63) is 71.8 Å². The molecule has 23 heavy (non-hydrogen) atoms. The van der Waals surface area contributed by atoms with Gasteiger partial charge in [0.15, 0.2) is 0 Å². The molecule has 4 nitrogen and oxygen atoms in total. The van der Waals surface area contributed by atoms with Crippen LogP contribution in [-0.4, -0.2) is 37.2 Å². The molecule has 0 radical (unpaired) electrons. The molecule has 3 rings (SSSR count). The molecule has 2 amide bonds. The maximum Gasteiger partial charge on any atom is 0.317 e. The van der Waals surface area contributed by atoms with Gasteiger partial charge in [0.25, 0.3) is 0 Å². The fraction of sp³-hybridized carbons (Fsp3) is 0.316. The van der Waals surface area contributed by atoms with Crippen molar-refractivity contribution in [2.24, 2.45) is 0 Å². The van der Waals surface area contributed by atoms with Gasteiger partial charge in [-0.3, -0.25) is 0 Å². The molecule has 1 atom stereocenters. The summed E-state index contributed by atoms with van der Waals surface area (Å²) >= 11 is 0. The molecule has 1 N–H and O–H groups in total. The number of amides is 2. The first-order chi connectivity index (χ1) is 11.3. The minimum Gasteiger partial charge on any atom is -0.370 e. The van der Waals surface area contributed by atoms with Gasteiger partial charge < -0.3 is 15.0 Å². The largest absolute Gasteiger partial charge is 0.370 e. The molecule has 0 saturated carbocycles. The molecule has 1 fully saturated rings. The van der Waals surface area contributed by atoms with E-state index in [4.69, 9.17) is 4.74 Å². The number of carbonyl (C=O) groups is 1. The third kappa shape index (κ3) is 4.33. The van der Waals surface area contributed by atoms with Crippen molar-refractivity contribution in [1.82, 2.24) is 10.2 Å². The summed E-state index contributed by atoms with van der Waals surface area (Å²) in [5.41, 5.74) is 2.35. The number of nitrogens with zero attached hydrogens (tertiary/aromatic N) is 1. The number of benzene rings is 2. The lowest BCUT2D eigenvalue weighted by Crippen LogP contribution is -2.47. The molecule has 4 heteroatoms. The maximum absolute atomic E-state index is 12.3. The van der Waals surface area contributed by atoms with Gasteiger partial charge in [-0.05, 0) is 17.5 Å². The Labute approximate surface area is 137 Å². The minimum atomic E-state index is -0.0372. The zero-order valence-corrected chi connectivity index (χ0v) is 13.2. The molecule has 1 aliphatic rings. The quantitative estimate of drug-likeness (QED) is 0.943. The van der Waals surface area contributed by atoms with Crippen molar-refractivity contribution in [1.29, 1.82) is 0 Å². The normalized spacial score (nSPS) is 17.7. The minimum absolute atomic E-state index is 0.00911. The van der Waals surface area contributed by atoms with E-state index in [9.17, 15) is 4.79 Å². The van der Waals surface area contributed by atoms with Gasteiger partial charge in [-0.2, -0.15) is 0 Å². The first-order valence-electron chi connectivity index (χ1n) is 8.06. The van der Waals surface area contributed by atoms with E-state index >= 15 is 0 Å². The standard InChI is InChI=1S/C19H22N2O2/c22-19(20-12-11-16-7-3-1-4-8-16)21-13-14-23-18(15-21)17-9-5-2-6-10-17/h1-10,18H,11-15H2,(H,20,22)/t18-/m1/s1. The molecular formula is C19H22N2O2. The second kappa shape index (κ2) is 7.79. The second-order valence-corrected chi connectivity index (χ2v) is 5.68. The Morgan fingerprint density at radius 1 is 1.09 bits per heavy atom. The Kier molecular flexibility index (Phi) is 5.27. The van der Waals surface area contributed by atoms with Crippen molar-refractivity contribution in [2.45, 2.75) is 12.5 Å². The summed E-state index contributed by atoms with van der Waals surface area (Å²) in [6.07, 6.45) is 0.809.